The Balaban J connectivity index is 2.17. The first-order valence-corrected chi connectivity index (χ1v) is 8.82. The van der Waals surface area contributed by atoms with Crippen LogP contribution >= 0.6 is 0 Å². The number of aromatic hydroxyl groups is 1. The van der Waals surface area contributed by atoms with Crippen molar-refractivity contribution in [3.05, 3.63) is 58.7 Å². The van der Waals surface area contributed by atoms with Crippen LogP contribution in [0.25, 0.3) is 11.4 Å². The highest BCUT2D eigenvalue weighted by Crippen LogP contribution is 2.31. The van der Waals surface area contributed by atoms with Gasteiger partial charge in [-0.1, -0.05) is 37.1 Å². The molecule has 2 aromatic carbocycles. The number of nitrogens with zero attached hydrogens (tertiary/aromatic N) is 3. The number of aromatic nitrogens is 3. The van der Waals surface area contributed by atoms with Gasteiger partial charge in [-0.25, -0.2) is 0 Å². The van der Waals surface area contributed by atoms with E-state index in [0.29, 0.717) is 34.6 Å². The van der Waals surface area contributed by atoms with Crippen LogP contribution in [-0.4, -0.2) is 39.6 Å². The predicted octanol–water partition coefficient (Wildman–Crippen LogP) is 3.46. The van der Waals surface area contributed by atoms with Gasteiger partial charge in [0.15, 0.2) is 12.1 Å². The van der Waals surface area contributed by atoms with Gasteiger partial charge in [-0.2, -0.15) is 0 Å². The summed E-state index contributed by atoms with van der Waals surface area (Å²) in [5.74, 6) is 1.07. The summed E-state index contributed by atoms with van der Waals surface area (Å²) in [6, 6.07) is 10.5. The number of ether oxygens (including phenoxy) is 1. The number of aldehydes is 2. The van der Waals surface area contributed by atoms with Gasteiger partial charge in [0, 0.05) is 22.3 Å². The van der Waals surface area contributed by atoms with E-state index in [1.165, 1.54) is 4.57 Å². The van der Waals surface area contributed by atoms with Crippen molar-refractivity contribution in [2.24, 2.45) is 0 Å². The molecular formula is C21H21N3O4. The van der Waals surface area contributed by atoms with Gasteiger partial charge in [0.05, 0.1) is 13.7 Å². The molecule has 7 heteroatoms. The minimum Gasteiger partial charge on any atom is -0.496 e. The van der Waals surface area contributed by atoms with Crippen molar-refractivity contribution in [1.29, 1.82) is 0 Å². The lowest BCUT2D eigenvalue weighted by molar-refractivity contribution is 0.112. The Kier molecular flexibility index (Phi) is 5.54. The first-order valence-electron chi connectivity index (χ1n) is 8.82. The molecule has 3 aromatic rings. The Morgan fingerprint density at radius 2 is 1.82 bits per heavy atom. The number of benzene rings is 2. The van der Waals surface area contributed by atoms with Crippen molar-refractivity contribution in [2.45, 2.75) is 26.3 Å². The summed E-state index contributed by atoms with van der Waals surface area (Å²) in [7, 11) is 1.57. The molecule has 0 bridgehead atoms. The molecule has 1 aromatic heterocycles. The van der Waals surface area contributed by atoms with Crippen LogP contribution in [0.3, 0.4) is 0 Å². The van der Waals surface area contributed by atoms with Crippen molar-refractivity contribution in [3.8, 4) is 23.1 Å². The highest BCUT2D eigenvalue weighted by Gasteiger charge is 2.20. The van der Waals surface area contributed by atoms with Crippen LogP contribution in [0.15, 0.2) is 36.4 Å². The van der Waals surface area contributed by atoms with E-state index >= 15 is 0 Å². The van der Waals surface area contributed by atoms with Crippen molar-refractivity contribution in [2.75, 3.05) is 7.11 Å². The monoisotopic (exact) mass is 379 g/mol. The Morgan fingerprint density at radius 3 is 2.46 bits per heavy atom. The van der Waals surface area contributed by atoms with Crippen molar-refractivity contribution in [3.63, 3.8) is 0 Å². The Morgan fingerprint density at radius 1 is 1.11 bits per heavy atom. The van der Waals surface area contributed by atoms with Crippen molar-refractivity contribution < 1.29 is 19.4 Å². The van der Waals surface area contributed by atoms with Gasteiger partial charge in [-0.3, -0.25) is 14.2 Å². The third-order valence-electron chi connectivity index (χ3n) is 4.62. The highest BCUT2D eigenvalue weighted by molar-refractivity contribution is 5.91. The van der Waals surface area contributed by atoms with Crippen LogP contribution < -0.4 is 4.74 Å². The first kappa shape index (κ1) is 19.3. The second kappa shape index (κ2) is 8.04. The topological polar surface area (TPSA) is 94.3 Å². The van der Waals surface area contributed by atoms with Crippen molar-refractivity contribution >= 4 is 12.6 Å². The fourth-order valence-electron chi connectivity index (χ4n) is 3.19. The lowest BCUT2D eigenvalue weighted by Gasteiger charge is -2.15. The predicted molar refractivity (Wildman–Crippen MR) is 104 cm³/mol. The molecule has 1 heterocycles. The Hall–Kier alpha value is -3.48. The van der Waals surface area contributed by atoms with Crippen LogP contribution in [0.1, 0.15) is 51.6 Å². The van der Waals surface area contributed by atoms with E-state index in [9.17, 15) is 14.7 Å². The number of methoxy groups -OCH3 is 1. The average Bonchev–Trinajstić information content (AvgIpc) is 3.07. The number of hydrogen-bond donors (Lipinski definition) is 1. The maximum atomic E-state index is 11.7. The van der Waals surface area contributed by atoms with E-state index < -0.39 is 0 Å². The van der Waals surface area contributed by atoms with Gasteiger partial charge in [0.2, 0.25) is 0 Å². The van der Waals surface area contributed by atoms with Gasteiger partial charge in [0.25, 0.3) is 0 Å². The molecule has 0 radical (unpaired) electrons. The molecule has 0 aliphatic heterocycles. The molecular weight excluding hydrogens is 358 g/mol. The van der Waals surface area contributed by atoms with Gasteiger partial charge in [0.1, 0.15) is 12.0 Å². The molecule has 28 heavy (non-hydrogen) atoms. The number of hydrogen-bond acceptors (Lipinski definition) is 6. The third kappa shape index (κ3) is 3.51. The molecule has 0 saturated heterocycles. The number of rotatable bonds is 7. The zero-order valence-electron chi connectivity index (χ0n) is 15.9. The quantitative estimate of drug-likeness (QED) is 0.632. The van der Waals surface area contributed by atoms with E-state index in [2.05, 4.69) is 10.2 Å². The summed E-state index contributed by atoms with van der Waals surface area (Å²) < 4.78 is 6.88. The minimum absolute atomic E-state index is 0.0684. The zero-order chi connectivity index (χ0) is 20.3. The summed E-state index contributed by atoms with van der Waals surface area (Å²) in [5, 5.41) is 18.1. The molecule has 0 fully saturated rings. The average molecular weight is 379 g/mol. The number of carbonyl (C=O) groups is 2. The Bertz CT molecular complexity index is 1020. The number of para-hydroxylation sites is 1. The second-order valence-electron chi connectivity index (χ2n) is 6.68. The van der Waals surface area contributed by atoms with E-state index in [-0.39, 0.29) is 18.5 Å². The van der Waals surface area contributed by atoms with E-state index in [4.69, 9.17) is 4.74 Å². The Labute approximate surface area is 162 Å². The summed E-state index contributed by atoms with van der Waals surface area (Å²) >= 11 is 0. The molecule has 0 amide bonds. The largest absolute Gasteiger partial charge is 0.496 e. The first-order chi connectivity index (χ1) is 13.5. The lowest BCUT2D eigenvalue weighted by Crippen LogP contribution is -2.06. The maximum absolute atomic E-state index is 11.7. The summed E-state index contributed by atoms with van der Waals surface area (Å²) in [4.78, 5) is 23.1. The maximum Gasteiger partial charge on any atom is 0.315 e. The van der Waals surface area contributed by atoms with Crippen LogP contribution in [0, 0.1) is 0 Å². The van der Waals surface area contributed by atoms with E-state index in [1.807, 2.05) is 38.1 Å². The molecule has 0 unspecified atom stereocenters. The van der Waals surface area contributed by atoms with Gasteiger partial charge in [-0.15, -0.1) is 5.10 Å². The van der Waals surface area contributed by atoms with Crippen LogP contribution in [-0.2, 0) is 6.54 Å². The standard InChI is InChI=1S/C21H21N3O4/c1-13(2)17-9-18(16(12-26)8-15(17)11-25)20-22-23-21(27)24(20)10-14-6-4-5-7-19(14)28-3/h4-9,11-13H,10H2,1-3H3,(H,23,27). The van der Waals surface area contributed by atoms with Gasteiger partial charge in [-0.05, 0) is 29.7 Å². The summed E-state index contributed by atoms with van der Waals surface area (Å²) in [6.07, 6.45) is 1.41. The summed E-state index contributed by atoms with van der Waals surface area (Å²) in [5.41, 5.74) is 2.89. The van der Waals surface area contributed by atoms with Crippen LogP contribution in [0.5, 0.6) is 11.8 Å². The normalized spacial score (nSPS) is 10.9. The molecule has 0 spiro atoms. The molecule has 0 atom stereocenters. The van der Waals surface area contributed by atoms with E-state index in [1.54, 1.807) is 19.2 Å². The SMILES string of the molecule is COc1ccccc1Cn1c(O)nnc1-c1cc(C(C)C)c(C=O)cc1C=O. The molecule has 0 saturated carbocycles. The lowest BCUT2D eigenvalue weighted by atomic mass is 9.92. The van der Waals surface area contributed by atoms with E-state index in [0.717, 1.165) is 17.4 Å². The second-order valence-corrected chi connectivity index (χ2v) is 6.68. The molecule has 0 aliphatic carbocycles. The van der Waals surface area contributed by atoms with Crippen LogP contribution in [0.4, 0.5) is 0 Å². The summed E-state index contributed by atoms with van der Waals surface area (Å²) in [6.45, 7) is 4.18. The molecule has 7 nitrogen and oxygen atoms in total. The smallest absolute Gasteiger partial charge is 0.315 e. The van der Waals surface area contributed by atoms with Crippen molar-refractivity contribution in [1.82, 2.24) is 14.8 Å². The third-order valence-corrected chi connectivity index (χ3v) is 4.62. The van der Waals surface area contributed by atoms with Crippen LogP contribution in [0.2, 0.25) is 0 Å². The number of carbonyl (C=O) groups excluding carboxylic acids is 2. The minimum atomic E-state index is -0.275. The fraction of sp³-hybridized carbons (Fsp3) is 0.238. The fourth-order valence-corrected chi connectivity index (χ4v) is 3.19. The highest BCUT2D eigenvalue weighted by atomic mass is 16.5. The zero-order valence-corrected chi connectivity index (χ0v) is 15.9. The van der Waals surface area contributed by atoms with Gasteiger partial charge >= 0.3 is 6.01 Å². The van der Waals surface area contributed by atoms with Gasteiger partial charge < -0.3 is 9.84 Å². The molecule has 0 aliphatic rings. The molecule has 1 N–H and O–H groups in total. The molecule has 3 rings (SSSR count). The molecule has 144 valence electrons.